The summed E-state index contributed by atoms with van der Waals surface area (Å²) in [6, 6.07) is 5.45. The van der Waals surface area contributed by atoms with Crippen LogP contribution in [0.3, 0.4) is 0 Å². The van der Waals surface area contributed by atoms with Crippen LogP contribution in [-0.4, -0.2) is 65.4 Å². The molecule has 1 aromatic carbocycles. The second kappa shape index (κ2) is 13.6. The van der Waals surface area contributed by atoms with Crippen LogP contribution in [0, 0.1) is 6.92 Å². The minimum atomic E-state index is -4.16. The quantitative estimate of drug-likeness (QED) is 0.266. The number of amides is 2. The molecule has 1 fully saturated rings. The van der Waals surface area contributed by atoms with Crippen LogP contribution in [0.1, 0.15) is 51.3 Å². The van der Waals surface area contributed by atoms with Gasteiger partial charge in [-0.1, -0.05) is 23.2 Å². The van der Waals surface area contributed by atoms with E-state index in [1.807, 2.05) is 17.5 Å². The number of alkyl carbamates (subject to hydrolysis) is 1. The monoisotopic (exact) mass is 717 g/mol. The molecule has 0 spiro atoms. The molecule has 1 saturated heterocycles. The number of aryl methyl sites for hydroxylation is 1. The van der Waals surface area contributed by atoms with Crippen LogP contribution >= 0.6 is 39.1 Å². The number of nitrogens with one attached hydrogen (secondary N) is 2. The first-order valence-corrected chi connectivity index (χ1v) is 16.7. The average molecular weight is 719 g/mol. The number of sulfonamides is 1. The Bertz CT molecular complexity index is 1630. The fourth-order valence-corrected chi connectivity index (χ4v) is 7.53. The highest BCUT2D eigenvalue weighted by atomic mass is 79.9. The van der Waals surface area contributed by atoms with Gasteiger partial charge in [0.05, 0.1) is 10.7 Å². The van der Waals surface area contributed by atoms with Crippen molar-refractivity contribution in [3.8, 4) is 5.75 Å². The number of aromatic nitrogens is 2. The van der Waals surface area contributed by atoms with Crippen molar-refractivity contribution < 1.29 is 27.5 Å². The largest absolute Gasteiger partial charge is 0.485 e. The molecule has 0 bridgehead atoms. The normalized spacial score (nSPS) is 15.9. The van der Waals surface area contributed by atoms with Gasteiger partial charge in [-0.15, -0.1) is 0 Å². The second-order valence-electron chi connectivity index (χ2n) is 11.0. The number of hydrogen-bond donors (Lipinski definition) is 2. The molecule has 2 aromatic heterocycles. The van der Waals surface area contributed by atoms with E-state index in [9.17, 15) is 18.0 Å². The van der Waals surface area contributed by atoms with Crippen molar-refractivity contribution in [1.82, 2.24) is 24.3 Å². The van der Waals surface area contributed by atoms with Crippen LogP contribution in [0.5, 0.6) is 5.75 Å². The summed E-state index contributed by atoms with van der Waals surface area (Å²) in [5.74, 6) is 0.0514. The van der Waals surface area contributed by atoms with Crippen LogP contribution < -0.4 is 15.4 Å². The molecular formula is C28H34BrCl2N5O6S. The number of imidazole rings is 1. The number of halogens is 3. The van der Waals surface area contributed by atoms with E-state index in [1.165, 1.54) is 16.4 Å². The zero-order valence-electron chi connectivity index (χ0n) is 24.2. The van der Waals surface area contributed by atoms with E-state index in [2.05, 4.69) is 31.5 Å². The van der Waals surface area contributed by atoms with Gasteiger partial charge in [-0.3, -0.25) is 9.20 Å². The highest BCUT2D eigenvalue weighted by molar-refractivity contribution is 9.10. The maximum Gasteiger partial charge on any atom is 0.407 e. The summed E-state index contributed by atoms with van der Waals surface area (Å²) < 4.78 is 42.6. The van der Waals surface area contributed by atoms with Crippen LogP contribution in [-0.2, 0) is 26.2 Å². The van der Waals surface area contributed by atoms with Crippen LogP contribution in [0.15, 0.2) is 40.0 Å². The lowest BCUT2D eigenvalue weighted by molar-refractivity contribution is -0.124. The summed E-state index contributed by atoms with van der Waals surface area (Å²) in [5, 5.41) is 5.57. The number of ether oxygens (including phenoxy) is 2. The zero-order chi connectivity index (χ0) is 31.5. The minimum absolute atomic E-state index is 0.0700. The summed E-state index contributed by atoms with van der Waals surface area (Å²) in [6.45, 7) is 7.77. The number of benzene rings is 1. The number of nitrogens with zero attached hydrogens (tertiary/aromatic N) is 3. The summed E-state index contributed by atoms with van der Waals surface area (Å²) >= 11 is 16.6. The van der Waals surface area contributed by atoms with Gasteiger partial charge < -0.3 is 20.1 Å². The molecule has 0 aliphatic carbocycles. The lowest BCUT2D eigenvalue weighted by Gasteiger charge is -2.24. The Morgan fingerprint density at radius 1 is 1.16 bits per heavy atom. The Morgan fingerprint density at radius 3 is 2.60 bits per heavy atom. The first-order valence-electron chi connectivity index (χ1n) is 13.7. The fraction of sp³-hybridized carbons (Fsp3) is 0.464. The van der Waals surface area contributed by atoms with E-state index in [-0.39, 0.29) is 34.6 Å². The van der Waals surface area contributed by atoms with Crippen molar-refractivity contribution in [3.05, 3.63) is 56.4 Å². The molecule has 234 valence electrons. The van der Waals surface area contributed by atoms with Crippen LogP contribution in [0.4, 0.5) is 4.79 Å². The molecule has 2 amide bonds. The predicted octanol–water partition coefficient (Wildman–Crippen LogP) is 5.48. The number of hydrogen-bond acceptors (Lipinski definition) is 7. The first kappa shape index (κ1) is 33.3. The van der Waals surface area contributed by atoms with Gasteiger partial charge in [0, 0.05) is 36.4 Å². The Balaban J connectivity index is 1.43. The smallest absolute Gasteiger partial charge is 0.407 e. The summed E-state index contributed by atoms with van der Waals surface area (Å²) in [5.41, 5.74) is 1.05. The van der Waals surface area contributed by atoms with E-state index in [0.717, 1.165) is 10.3 Å². The summed E-state index contributed by atoms with van der Waals surface area (Å²) in [6.07, 6.45) is 2.62. The molecule has 43 heavy (non-hydrogen) atoms. The van der Waals surface area contributed by atoms with Crippen molar-refractivity contribution in [2.45, 2.75) is 70.1 Å². The first-order chi connectivity index (χ1) is 20.2. The Kier molecular flexibility index (Phi) is 10.5. The van der Waals surface area contributed by atoms with Gasteiger partial charge in [0.15, 0.2) is 11.4 Å². The van der Waals surface area contributed by atoms with Crippen molar-refractivity contribution in [2.24, 2.45) is 0 Å². The van der Waals surface area contributed by atoms with E-state index in [4.69, 9.17) is 32.7 Å². The third kappa shape index (κ3) is 7.75. The SMILES string of the molecule is Cc1nc2c(OCc3c(Cl)ccc(S(=O)(=O)N4CCC[C@H]4C(=O)NCCCNC(=O)OC(C)(C)C)c3Cl)cccn2c1Br. The Hall–Kier alpha value is -2.58. The number of pyridine rings is 1. The summed E-state index contributed by atoms with van der Waals surface area (Å²) in [4.78, 5) is 29.1. The fourth-order valence-electron chi connectivity index (χ4n) is 4.64. The molecule has 4 rings (SSSR count). The number of rotatable bonds is 10. The highest BCUT2D eigenvalue weighted by Gasteiger charge is 2.40. The molecule has 11 nitrogen and oxygen atoms in total. The maximum absolute atomic E-state index is 13.8. The molecule has 0 unspecified atom stereocenters. The lowest BCUT2D eigenvalue weighted by atomic mass is 10.2. The molecule has 15 heteroatoms. The molecule has 2 N–H and O–H groups in total. The van der Waals surface area contributed by atoms with Crippen molar-refractivity contribution in [2.75, 3.05) is 19.6 Å². The lowest BCUT2D eigenvalue weighted by Crippen LogP contribution is -2.46. The molecule has 3 heterocycles. The third-order valence-corrected chi connectivity index (χ3v) is 10.5. The van der Waals surface area contributed by atoms with Crippen molar-refractivity contribution in [1.29, 1.82) is 0 Å². The van der Waals surface area contributed by atoms with Crippen LogP contribution in [0.25, 0.3) is 5.65 Å². The topological polar surface area (TPSA) is 131 Å². The van der Waals surface area contributed by atoms with E-state index in [1.54, 1.807) is 32.9 Å². The molecule has 1 aliphatic rings. The molecule has 3 aromatic rings. The van der Waals surface area contributed by atoms with Gasteiger partial charge in [-0.2, -0.15) is 4.31 Å². The molecular weight excluding hydrogens is 685 g/mol. The summed E-state index contributed by atoms with van der Waals surface area (Å²) in [7, 11) is -4.16. The average Bonchev–Trinajstić information content (AvgIpc) is 3.53. The van der Waals surface area contributed by atoms with E-state index < -0.39 is 33.7 Å². The van der Waals surface area contributed by atoms with Gasteiger partial charge in [0.1, 0.15) is 27.7 Å². The Morgan fingerprint density at radius 2 is 1.88 bits per heavy atom. The van der Waals surface area contributed by atoms with Gasteiger partial charge >= 0.3 is 6.09 Å². The minimum Gasteiger partial charge on any atom is -0.485 e. The second-order valence-corrected chi connectivity index (χ2v) is 14.4. The van der Waals surface area contributed by atoms with E-state index >= 15 is 0 Å². The molecule has 1 aliphatic heterocycles. The number of carbonyl (C=O) groups is 2. The highest BCUT2D eigenvalue weighted by Crippen LogP contribution is 2.36. The van der Waals surface area contributed by atoms with E-state index in [0.29, 0.717) is 42.8 Å². The molecule has 0 saturated carbocycles. The van der Waals surface area contributed by atoms with Gasteiger partial charge in [0.2, 0.25) is 15.9 Å². The molecule has 1 atom stereocenters. The predicted molar refractivity (Wildman–Crippen MR) is 167 cm³/mol. The molecule has 0 radical (unpaired) electrons. The third-order valence-electron chi connectivity index (χ3n) is 6.65. The van der Waals surface area contributed by atoms with Crippen LogP contribution in [0.2, 0.25) is 10.0 Å². The zero-order valence-corrected chi connectivity index (χ0v) is 28.2. The Labute approximate surface area is 269 Å². The van der Waals surface area contributed by atoms with Crippen molar-refractivity contribution >= 4 is 66.8 Å². The van der Waals surface area contributed by atoms with Gasteiger partial charge in [-0.05, 0) is 87.2 Å². The standard InChI is InChI=1S/C28H34BrCl2N5O6S/c1-17-24(29)35-14-6-9-21(25(35)34-17)41-16-18-19(30)10-11-22(23(18)31)43(39,40)36-15-5-8-20(36)26(37)32-12-7-13-33-27(38)42-28(2,3)4/h6,9-11,14,20H,5,7-8,12-13,15-16H2,1-4H3,(H,32,37)(H,33,38)/t20-/m0/s1. The number of fused-ring (bicyclic) bond motifs is 1. The van der Waals surface area contributed by atoms with Gasteiger partial charge in [-0.25, -0.2) is 18.2 Å². The maximum atomic E-state index is 13.8. The number of carbonyl (C=O) groups excluding carboxylic acids is 2. The van der Waals surface area contributed by atoms with Crippen molar-refractivity contribution in [3.63, 3.8) is 0 Å². The van der Waals surface area contributed by atoms with Gasteiger partial charge in [0.25, 0.3) is 0 Å².